The van der Waals surface area contributed by atoms with Crippen molar-refractivity contribution in [2.24, 2.45) is 23.4 Å². The van der Waals surface area contributed by atoms with Crippen molar-refractivity contribution < 1.29 is 96.5 Å². The summed E-state index contributed by atoms with van der Waals surface area (Å²) in [5.41, 5.74) is 22.9. The Kier molecular flexibility index (Phi) is 44.2. The molecule has 0 spiro atoms. The first-order valence-corrected chi connectivity index (χ1v) is 37.8. The Bertz CT molecular complexity index is 5020. The number of carbonyl (C=O) groups excluding carboxylic acids is 8. The smallest absolute Gasteiger partial charge is 0.460 e. The van der Waals surface area contributed by atoms with Crippen LogP contribution in [0.1, 0.15) is 207 Å². The number of para-hydroxylation sites is 2. The maximum atomic E-state index is 12.6. The number of hydrogen-bond acceptors (Lipinski definition) is 29. The number of carbonyl (C=O) groups is 8. The number of hydrazine groups is 5. The Morgan fingerprint density at radius 3 is 1.06 bits per heavy atom. The van der Waals surface area contributed by atoms with E-state index in [9.17, 15) is 43.2 Å². The molecular formula is C87H107N16O20P. The highest BCUT2D eigenvalue weighted by molar-refractivity contribution is 7.41. The molecule has 0 atom stereocenters. The standard InChI is InChI=1S/C22H26N4O4.C22H22N4O2.C12H18O4.C12H11O3P.C10H10O4.C8H10N4O2.CH4.H4N2.N2.H2O/c1-13-6-8-15(9-7-13)19(28)25-26-21(30)17-10-16(20(29)24-23-14(2)27)11-18(12-17)22(3,4)5;1-13-6-8-15(9-7-13)19-25-26-21(28-19)17-10-16(20-24-23-14(2)27-20)11-18(12-17)22(3,4)5;1-12(2,3)9-5-7(10(13)14)4-8(6-9)11(15)16;13-16(14-11-7-3-1-4-8-11)15-12-9-5-2-6-10-12;1-13-9(11)7-3-5-8(6-4-7)10(12)14-2;9-11-7(13)5-1-2-6(4-3-5)8(14)12-10;;2*1-2;/h6-12H,1-5H3,(H,23,27)(H,24,29)(H,25,28)(H,26,30);6-12H,1-5H3;4-6,10-11,13-16H,1-3H3;1-10,13H;3-6H,1-2H3;1-4H,9-10H2,(H,11,13)(H,12,14);1H4;1-2H2;;1H2. The number of nitrogen functional groups attached to an aromatic ring is 2. The van der Waals surface area contributed by atoms with Gasteiger partial charge in [-0.15, -0.1) is 20.4 Å². The maximum absolute atomic E-state index is 12.6. The van der Waals surface area contributed by atoms with Crippen molar-refractivity contribution in [1.29, 1.82) is 10.8 Å². The molecule has 660 valence electrons. The van der Waals surface area contributed by atoms with E-state index in [0.717, 1.165) is 38.9 Å². The summed E-state index contributed by atoms with van der Waals surface area (Å²) in [6, 6.07) is 60.4. The molecule has 37 heteroatoms. The summed E-state index contributed by atoms with van der Waals surface area (Å²) in [4.78, 5) is 102. The predicted molar refractivity (Wildman–Crippen MR) is 463 cm³/mol. The van der Waals surface area contributed by atoms with Crippen molar-refractivity contribution in [3.05, 3.63) is 296 Å². The minimum absolute atomic E-state index is 0. The number of nitrogens with two attached hydrogens (primary N) is 4. The molecule has 11 aromatic rings. The van der Waals surface area contributed by atoms with Crippen LogP contribution in [0.15, 0.2) is 221 Å². The monoisotopic (exact) mass is 1730 g/mol. The largest absolute Gasteiger partial charge is 0.465 e. The first-order chi connectivity index (χ1) is 57.7. The van der Waals surface area contributed by atoms with Crippen molar-refractivity contribution in [2.45, 2.75) is 126 Å². The van der Waals surface area contributed by atoms with Crippen LogP contribution in [0.2, 0.25) is 0 Å². The molecule has 0 bridgehead atoms. The molecule has 124 heavy (non-hydrogen) atoms. The Labute approximate surface area is 718 Å². The SMILES string of the molecule is C.CC(=O)NNC(=O)c1cc(C(=O)NNC(=O)c2ccc(C)cc2)cc(C(C)(C)C)c1.CC(C)(C)c1cc(C(O)O)cc(C(O)O)c1.COC(=O)c1ccc(C(=O)OC)cc1.Cc1ccc(-c2nnc(-c3cc(-c4nnc(C)o4)cc(C(C)(C)C)c3)o2)cc1.N#N.NN.NNC(=O)c1ccc(C(=O)NN)cc1.O.OP(Oc1ccccc1)Oc1ccccc1. The molecule has 36 nitrogen and oxygen atoms in total. The maximum Gasteiger partial charge on any atom is 0.460 e. The summed E-state index contributed by atoms with van der Waals surface area (Å²) in [6.07, 6.45) is -3.22. The van der Waals surface area contributed by atoms with Gasteiger partial charge >= 0.3 is 20.5 Å². The third kappa shape index (κ3) is 35.0. The lowest BCUT2D eigenvalue weighted by atomic mass is 9.85. The number of aliphatic hydroxyl groups is 4. The minimum Gasteiger partial charge on any atom is -0.465 e. The van der Waals surface area contributed by atoms with Gasteiger partial charge in [-0.25, -0.2) is 21.3 Å². The van der Waals surface area contributed by atoms with Crippen LogP contribution in [-0.4, -0.2) is 113 Å². The number of rotatable bonds is 16. The van der Waals surface area contributed by atoms with Crippen LogP contribution in [0.4, 0.5) is 0 Å². The molecule has 0 saturated heterocycles. The summed E-state index contributed by atoms with van der Waals surface area (Å²) in [7, 11) is 0.671. The predicted octanol–water partition coefficient (Wildman–Crippen LogP) is 10.6. The Morgan fingerprint density at radius 2 is 0.718 bits per heavy atom. The Morgan fingerprint density at radius 1 is 0.403 bits per heavy atom. The van der Waals surface area contributed by atoms with Crippen LogP contribution >= 0.6 is 8.60 Å². The highest BCUT2D eigenvalue weighted by atomic mass is 31.2. The van der Waals surface area contributed by atoms with Gasteiger partial charge in [0, 0.05) is 80.3 Å². The molecule has 0 aliphatic rings. The summed E-state index contributed by atoms with van der Waals surface area (Å²) >= 11 is 0. The van der Waals surface area contributed by atoms with Gasteiger partial charge in [0.25, 0.3) is 29.5 Å². The van der Waals surface area contributed by atoms with E-state index in [-0.39, 0.29) is 51.4 Å². The number of hydrogen-bond donors (Lipinski definition) is 15. The molecular weight excluding hydrogens is 1620 g/mol. The normalized spacial score (nSPS) is 10.3. The van der Waals surface area contributed by atoms with Gasteiger partial charge in [-0.3, -0.25) is 73.0 Å². The average Bonchev–Trinajstić information content (AvgIpc) is 1.49. The number of methoxy groups -OCH3 is 2. The molecule has 0 saturated carbocycles. The second-order valence-corrected chi connectivity index (χ2v) is 29.8. The Hall–Kier alpha value is -13.9. The highest BCUT2D eigenvalue weighted by Crippen LogP contribution is 2.37. The molecule has 0 unspecified atom stereocenters. The minimum atomic E-state index is -1.93. The first-order valence-electron chi connectivity index (χ1n) is 36.7. The molecule has 11 rings (SSSR count). The number of ether oxygens (including phenoxy) is 2. The van der Waals surface area contributed by atoms with Crippen molar-refractivity contribution in [2.75, 3.05) is 14.2 Å². The van der Waals surface area contributed by atoms with Gasteiger partial charge < -0.3 is 58.2 Å². The zero-order valence-corrected chi connectivity index (χ0v) is 71.1. The van der Waals surface area contributed by atoms with Crippen LogP contribution in [-0.2, 0) is 30.5 Å². The molecule has 0 radical (unpaired) electrons. The van der Waals surface area contributed by atoms with E-state index < -0.39 is 68.6 Å². The lowest BCUT2D eigenvalue weighted by Crippen LogP contribution is -2.42. The fourth-order valence-corrected chi connectivity index (χ4v) is 10.5. The fourth-order valence-electron chi connectivity index (χ4n) is 9.86. The van der Waals surface area contributed by atoms with Crippen molar-refractivity contribution in [1.82, 2.24) is 52.9 Å². The zero-order chi connectivity index (χ0) is 91.2. The molecule has 2 heterocycles. The number of esters is 2. The van der Waals surface area contributed by atoms with Gasteiger partial charge in [0.2, 0.25) is 29.5 Å². The van der Waals surface area contributed by atoms with Crippen LogP contribution in [0.3, 0.4) is 0 Å². The number of benzene rings is 9. The molecule has 0 fully saturated rings. The van der Waals surface area contributed by atoms with Crippen molar-refractivity contribution >= 4 is 56.0 Å². The fraction of sp³-hybridized carbons (Fsp3) is 0.241. The molecule has 0 aliphatic heterocycles. The van der Waals surface area contributed by atoms with Crippen LogP contribution in [0.5, 0.6) is 11.5 Å². The van der Waals surface area contributed by atoms with Gasteiger partial charge in [0.15, 0.2) is 12.6 Å². The van der Waals surface area contributed by atoms with Crippen molar-refractivity contribution in [3.8, 4) is 45.9 Å². The molecule has 0 aliphatic carbocycles. The lowest BCUT2D eigenvalue weighted by Gasteiger charge is -2.22. The number of nitrogens with zero attached hydrogens (tertiary/aromatic N) is 6. The summed E-state index contributed by atoms with van der Waals surface area (Å²) < 4.78 is 31.0. The van der Waals surface area contributed by atoms with E-state index in [1.807, 2.05) is 133 Å². The topological polar surface area (TPSA) is 608 Å². The number of amides is 6. The first kappa shape index (κ1) is 106. The van der Waals surface area contributed by atoms with Crippen LogP contribution in [0, 0.1) is 31.6 Å². The second kappa shape index (κ2) is 51.6. The number of aromatic nitrogens is 4. The lowest BCUT2D eigenvalue weighted by molar-refractivity contribution is -0.119. The molecule has 9 aromatic carbocycles. The van der Waals surface area contributed by atoms with Gasteiger partial charge in [-0.2, -0.15) is 0 Å². The van der Waals surface area contributed by atoms with E-state index in [1.54, 1.807) is 79.7 Å². The number of aliphatic hydroxyl groups excluding tert-OH is 2. The van der Waals surface area contributed by atoms with Gasteiger partial charge in [-0.05, 0) is 186 Å². The van der Waals surface area contributed by atoms with E-state index >= 15 is 0 Å². The van der Waals surface area contributed by atoms with Crippen LogP contribution < -0.4 is 65.0 Å². The number of aryl methyl sites for hydroxylation is 3. The molecule has 2 aromatic heterocycles. The van der Waals surface area contributed by atoms with E-state index in [2.05, 4.69) is 96.2 Å². The Balaban J connectivity index is 0.000000512. The zero-order valence-electron chi connectivity index (χ0n) is 70.3. The van der Waals surface area contributed by atoms with E-state index in [1.165, 1.54) is 87.4 Å². The van der Waals surface area contributed by atoms with Crippen molar-refractivity contribution in [3.63, 3.8) is 0 Å². The summed E-state index contributed by atoms with van der Waals surface area (Å²) in [6.45, 7) is 25.2. The van der Waals surface area contributed by atoms with E-state index in [4.69, 9.17) is 60.8 Å². The summed E-state index contributed by atoms with van der Waals surface area (Å²) in [5, 5.41) is 65.0. The number of nitrogens with one attached hydrogen (secondary N) is 6. The van der Waals surface area contributed by atoms with E-state index in [0.29, 0.717) is 62.9 Å². The van der Waals surface area contributed by atoms with Gasteiger partial charge in [-0.1, -0.05) is 154 Å². The summed E-state index contributed by atoms with van der Waals surface area (Å²) in [5.74, 6) is 17.3. The van der Waals surface area contributed by atoms with Gasteiger partial charge in [0.1, 0.15) is 11.5 Å². The second-order valence-electron chi connectivity index (χ2n) is 28.9. The average molecular weight is 1730 g/mol. The quantitative estimate of drug-likeness (QED) is 0.00812. The molecule has 21 N–H and O–H groups in total. The highest BCUT2D eigenvalue weighted by Gasteiger charge is 2.25. The van der Waals surface area contributed by atoms with Gasteiger partial charge in [0.05, 0.1) is 25.3 Å². The van der Waals surface area contributed by atoms with Crippen LogP contribution in [0.25, 0.3) is 34.4 Å². The third-order valence-electron chi connectivity index (χ3n) is 16.5. The third-order valence-corrected chi connectivity index (χ3v) is 17.2. The molecule has 6 amide bonds.